The van der Waals surface area contributed by atoms with Gasteiger partial charge in [-0.1, -0.05) is 18.3 Å². The number of anilines is 1. The predicted molar refractivity (Wildman–Crippen MR) is 50.5 cm³/mol. The topological polar surface area (TPSA) is 54.9 Å². The Hall–Kier alpha value is -0.970. The quantitative estimate of drug-likeness (QED) is 0.801. The zero-order chi connectivity index (χ0) is 9.31. The number of nitrogens with one attached hydrogen (secondary N) is 1. The third-order valence-electron chi connectivity index (χ3n) is 2.30. The fourth-order valence-electron chi connectivity index (χ4n) is 1.17. The van der Waals surface area contributed by atoms with Gasteiger partial charge in [-0.2, -0.15) is 0 Å². The van der Waals surface area contributed by atoms with Crippen LogP contribution in [0.25, 0.3) is 0 Å². The maximum Gasteiger partial charge on any atom is 0.226 e. The van der Waals surface area contributed by atoms with Crippen molar-refractivity contribution in [2.24, 2.45) is 5.41 Å². The molecule has 1 N–H and O–H groups in total. The van der Waals surface area contributed by atoms with E-state index in [4.69, 9.17) is 0 Å². The predicted octanol–water partition coefficient (Wildman–Crippen LogP) is 1.67. The Bertz CT molecular complexity index is 305. The van der Waals surface area contributed by atoms with E-state index in [0.29, 0.717) is 11.6 Å². The van der Waals surface area contributed by atoms with Gasteiger partial charge in [0.05, 0.1) is 0 Å². The molecule has 0 aromatic carbocycles. The van der Waals surface area contributed by atoms with E-state index in [1.54, 1.807) is 5.51 Å². The van der Waals surface area contributed by atoms with Gasteiger partial charge in [-0.05, 0) is 18.3 Å². The van der Waals surface area contributed by atoms with E-state index in [0.717, 1.165) is 12.8 Å². The monoisotopic (exact) mass is 197 g/mol. The maximum atomic E-state index is 11.4. The van der Waals surface area contributed by atoms with Crippen LogP contribution in [0.2, 0.25) is 0 Å². The third kappa shape index (κ3) is 2.24. The van der Waals surface area contributed by atoms with E-state index in [1.807, 2.05) is 0 Å². The summed E-state index contributed by atoms with van der Waals surface area (Å²) in [7, 11) is 0. The number of rotatable bonds is 3. The third-order valence-corrected chi connectivity index (χ3v) is 2.90. The molecule has 1 aromatic heterocycles. The van der Waals surface area contributed by atoms with E-state index >= 15 is 0 Å². The number of amides is 1. The molecule has 4 nitrogen and oxygen atoms in total. The molecule has 1 heterocycles. The number of carbonyl (C=O) groups excluding carboxylic acids is 1. The molecule has 1 aliphatic carbocycles. The Kier molecular flexibility index (Phi) is 2.03. The Morgan fingerprint density at radius 2 is 2.54 bits per heavy atom. The van der Waals surface area contributed by atoms with E-state index < -0.39 is 0 Å². The van der Waals surface area contributed by atoms with Crippen LogP contribution in [0.1, 0.15) is 26.2 Å². The van der Waals surface area contributed by atoms with Crippen molar-refractivity contribution in [1.82, 2.24) is 10.2 Å². The highest BCUT2D eigenvalue weighted by Crippen LogP contribution is 2.48. The molecule has 1 aromatic rings. The molecule has 0 unspecified atom stereocenters. The fourth-order valence-corrected chi connectivity index (χ4v) is 1.63. The van der Waals surface area contributed by atoms with E-state index in [1.165, 1.54) is 11.3 Å². The Labute approximate surface area is 80.4 Å². The van der Waals surface area contributed by atoms with E-state index in [2.05, 4.69) is 22.4 Å². The summed E-state index contributed by atoms with van der Waals surface area (Å²) >= 11 is 1.34. The molecular weight excluding hydrogens is 186 g/mol. The van der Waals surface area contributed by atoms with Crippen LogP contribution < -0.4 is 5.32 Å². The summed E-state index contributed by atoms with van der Waals surface area (Å²) in [5.74, 6) is 0.0525. The van der Waals surface area contributed by atoms with Gasteiger partial charge in [-0.3, -0.25) is 4.79 Å². The molecule has 1 amide bonds. The van der Waals surface area contributed by atoms with E-state index in [9.17, 15) is 4.79 Å². The minimum absolute atomic E-state index is 0.0525. The molecule has 13 heavy (non-hydrogen) atoms. The lowest BCUT2D eigenvalue weighted by molar-refractivity contribution is -0.117. The van der Waals surface area contributed by atoms with Gasteiger partial charge in [-0.15, -0.1) is 10.2 Å². The summed E-state index contributed by atoms with van der Waals surface area (Å²) in [6.07, 6.45) is 2.93. The summed E-state index contributed by atoms with van der Waals surface area (Å²) in [5, 5.41) is 10.7. The molecule has 0 bridgehead atoms. The van der Waals surface area contributed by atoms with Crippen LogP contribution in [0.3, 0.4) is 0 Å². The van der Waals surface area contributed by atoms with Crippen molar-refractivity contribution in [3.63, 3.8) is 0 Å². The van der Waals surface area contributed by atoms with Crippen LogP contribution in [0.15, 0.2) is 5.51 Å². The van der Waals surface area contributed by atoms with Crippen molar-refractivity contribution in [2.75, 3.05) is 5.32 Å². The van der Waals surface area contributed by atoms with Crippen molar-refractivity contribution in [2.45, 2.75) is 26.2 Å². The number of nitrogens with zero attached hydrogens (tertiary/aromatic N) is 2. The van der Waals surface area contributed by atoms with Crippen LogP contribution in [0.5, 0.6) is 0 Å². The van der Waals surface area contributed by atoms with Crippen molar-refractivity contribution in [1.29, 1.82) is 0 Å². The first kappa shape index (κ1) is 8.62. The molecule has 0 spiro atoms. The van der Waals surface area contributed by atoms with Crippen LogP contribution in [-0.2, 0) is 4.79 Å². The molecule has 0 saturated heterocycles. The van der Waals surface area contributed by atoms with Crippen LogP contribution in [-0.4, -0.2) is 16.1 Å². The van der Waals surface area contributed by atoms with Crippen molar-refractivity contribution >= 4 is 22.4 Å². The van der Waals surface area contributed by atoms with Gasteiger partial charge >= 0.3 is 0 Å². The summed E-state index contributed by atoms with van der Waals surface area (Å²) in [4.78, 5) is 11.4. The highest BCUT2D eigenvalue weighted by atomic mass is 32.1. The average Bonchev–Trinajstić information content (AvgIpc) is 2.61. The van der Waals surface area contributed by atoms with Crippen LogP contribution >= 0.6 is 11.3 Å². The van der Waals surface area contributed by atoms with E-state index in [-0.39, 0.29) is 11.3 Å². The molecule has 1 aliphatic rings. The second-order valence-corrected chi connectivity index (χ2v) is 4.61. The summed E-state index contributed by atoms with van der Waals surface area (Å²) < 4.78 is 0. The SMILES string of the molecule is CC1(CC(=O)Nc2nncs2)CC1. The lowest BCUT2D eigenvalue weighted by Crippen LogP contribution is -2.15. The molecule has 0 atom stereocenters. The smallest absolute Gasteiger partial charge is 0.226 e. The second kappa shape index (κ2) is 3.06. The van der Waals surface area contributed by atoms with Gasteiger partial charge in [0.1, 0.15) is 5.51 Å². The number of aromatic nitrogens is 2. The summed E-state index contributed by atoms with van der Waals surface area (Å²) in [5.41, 5.74) is 1.86. The largest absolute Gasteiger partial charge is 0.301 e. The summed E-state index contributed by atoms with van der Waals surface area (Å²) in [6, 6.07) is 0. The van der Waals surface area contributed by atoms with Gasteiger partial charge in [0, 0.05) is 6.42 Å². The van der Waals surface area contributed by atoms with Gasteiger partial charge in [0.2, 0.25) is 11.0 Å². The fraction of sp³-hybridized carbons (Fsp3) is 0.625. The van der Waals surface area contributed by atoms with Gasteiger partial charge in [-0.25, -0.2) is 0 Å². The molecule has 2 rings (SSSR count). The maximum absolute atomic E-state index is 11.4. The molecule has 70 valence electrons. The molecule has 5 heteroatoms. The highest BCUT2D eigenvalue weighted by molar-refractivity contribution is 7.13. The average molecular weight is 197 g/mol. The highest BCUT2D eigenvalue weighted by Gasteiger charge is 2.39. The molecule has 1 fully saturated rings. The van der Waals surface area contributed by atoms with Gasteiger partial charge in [0.15, 0.2) is 0 Å². The minimum Gasteiger partial charge on any atom is -0.301 e. The van der Waals surface area contributed by atoms with Crippen molar-refractivity contribution < 1.29 is 4.79 Å². The number of hydrogen-bond donors (Lipinski definition) is 1. The molecule has 1 saturated carbocycles. The first-order chi connectivity index (χ1) is 6.18. The number of hydrogen-bond acceptors (Lipinski definition) is 4. The Balaban J connectivity index is 1.85. The summed E-state index contributed by atoms with van der Waals surface area (Å²) in [6.45, 7) is 2.13. The molecular formula is C8H11N3OS. The lowest BCUT2D eigenvalue weighted by atomic mass is 10.1. The number of carbonyl (C=O) groups is 1. The van der Waals surface area contributed by atoms with Gasteiger partial charge < -0.3 is 5.32 Å². The molecule has 0 aliphatic heterocycles. The lowest BCUT2D eigenvalue weighted by Gasteiger charge is -2.05. The van der Waals surface area contributed by atoms with Crippen molar-refractivity contribution in [3.8, 4) is 0 Å². The molecule has 0 radical (unpaired) electrons. The first-order valence-corrected chi connectivity index (χ1v) is 5.12. The Morgan fingerprint density at radius 3 is 3.08 bits per heavy atom. The van der Waals surface area contributed by atoms with Crippen LogP contribution in [0, 0.1) is 5.41 Å². The normalized spacial score (nSPS) is 18.2. The van der Waals surface area contributed by atoms with Crippen LogP contribution in [0.4, 0.5) is 5.13 Å². The minimum atomic E-state index is 0.0525. The van der Waals surface area contributed by atoms with Crippen molar-refractivity contribution in [3.05, 3.63) is 5.51 Å². The second-order valence-electron chi connectivity index (χ2n) is 3.78. The van der Waals surface area contributed by atoms with Gasteiger partial charge in [0.25, 0.3) is 0 Å². The Morgan fingerprint density at radius 1 is 1.77 bits per heavy atom. The zero-order valence-electron chi connectivity index (χ0n) is 7.41. The zero-order valence-corrected chi connectivity index (χ0v) is 8.23. The first-order valence-electron chi connectivity index (χ1n) is 4.24. The standard InChI is InChI=1S/C8H11N3OS/c1-8(2-3-8)4-6(12)10-7-11-9-5-13-7/h5H,2-4H2,1H3,(H,10,11,12).